The second kappa shape index (κ2) is 12.0. The minimum Gasteiger partial charge on any atom is -0.465 e. The van der Waals surface area contributed by atoms with Gasteiger partial charge in [-0.1, -0.05) is 17.3 Å². The van der Waals surface area contributed by atoms with E-state index in [1.54, 1.807) is 29.7 Å². The second-order valence-electron chi connectivity index (χ2n) is 7.95. The van der Waals surface area contributed by atoms with Gasteiger partial charge < -0.3 is 23.8 Å². The maximum absolute atomic E-state index is 12.6. The number of fused-ring (bicyclic) bond motifs is 1. The number of hydrogen-bond donors (Lipinski definition) is 0. The van der Waals surface area contributed by atoms with E-state index >= 15 is 0 Å². The van der Waals surface area contributed by atoms with Gasteiger partial charge in [0.15, 0.2) is 14.6 Å². The zero-order valence-electron chi connectivity index (χ0n) is 20.3. The predicted molar refractivity (Wildman–Crippen MR) is 134 cm³/mol. The number of rotatable bonds is 7. The molecule has 3 amide bonds. The van der Waals surface area contributed by atoms with E-state index in [4.69, 9.17) is 15.9 Å². The van der Waals surface area contributed by atoms with Gasteiger partial charge in [0.05, 0.1) is 36.0 Å². The van der Waals surface area contributed by atoms with Gasteiger partial charge in [-0.2, -0.15) is 4.99 Å². The first kappa shape index (κ1) is 27.9. The summed E-state index contributed by atoms with van der Waals surface area (Å²) >= 11 is 1.06. The van der Waals surface area contributed by atoms with Gasteiger partial charge in [-0.05, 0) is 25.1 Å². The van der Waals surface area contributed by atoms with E-state index in [1.165, 1.54) is 16.9 Å². The van der Waals surface area contributed by atoms with Crippen LogP contribution in [0.1, 0.15) is 17.3 Å². The van der Waals surface area contributed by atoms with Crippen LogP contribution in [-0.2, 0) is 35.4 Å². The van der Waals surface area contributed by atoms with E-state index < -0.39 is 45.2 Å². The third kappa shape index (κ3) is 6.95. The number of esters is 1. The third-order valence-corrected chi connectivity index (χ3v) is 7.83. The number of methoxy groups -OCH3 is 1. The number of thiazole rings is 1. The highest BCUT2D eigenvalue weighted by Crippen LogP contribution is 2.20. The summed E-state index contributed by atoms with van der Waals surface area (Å²) in [6, 6.07) is 4.75. The first-order valence-electron chi connectivity index (χ1n) is 11.2. The van der Waals surface area contributed by atoms with Crippen molar-refractivity contribution in [3.05, 3.63) is 28.6 Å². The lowest BCUT2D eigenvalue weighted by Gasteiger charge is -2.34. The fourth-order valence-corrected chi connectivity index (χ4v) is 5.85. The van der Waals surface area contributed by atoms with Crippen LogP contribution < -0.4 is 4.80 Å². The van der Waals surface area contributed by atoms with Crippen LogP contribution in [0.5, 0.6) is 0 Å². The molecule has 2 heterocycles. The van der Waals surface area contributed by atoms with Crippen molar-refractivity contribution in [1.82, 2.24) is 14.4 Å². The Bertz CT molecular complexity index is 1430. The number of benzene rings is 1. The van der Waals surface area contributed by atoms with Crippen molar-refractivity contribution in [2.24, 2.45) is 4.99 Å². The quantitative estimate of drug-likeness (QED) is 0.353. The van der Waals surface area contributed by atoms with Crippen LogP contribution in [0.2, 0.25) is 0 Å². The number of piperazine rings is 1. The van der Waals surface area contributed by atoms with Gasteiger partial charge in [0.1, 0.15) is 11.5 Å². The molecular weight excluding hydrogens is 524 g/mol. The zero-order chi connectivity index (χ0) is 27.2. The summed E-state index contributed by atoms with van der Waals surface area (Å²) in [5.74, 6) is -1.50. The number of aromatic nitrogens is 1. The van der Waals surface area contributed by atoms with Crippen molar-refractivity contribution >= 4 is 55.3 Å². The predicted octanol–water partition coefficient (Wildman–Crippen LogP) is 0.265. The van der Waals surface area contributed by atoms with Crippen molar-refractivity contribution in [1.29, 1.82) is 0 Å². The van der Waals surface area contributed by atoms with Crippen LogP contribution in [0, 0.1) is 12.3 Å². The lowest BCUT2D eigenvalue weighted by Crippen LogP contribution is -2.52. The first-order valence-corrected chi connectivity index (χ1v) is 13.8. The summed E-state index contributed by atoms with van der Waals surface area (Å²) in [4.78, 5) is 55.6. The lowest BCUT2D eigenvalue weighted by molar-refractivity contribution is -0.130. The van der Waals surface area contributed by atoms with Crippen molar-refractivity contribution in [2.45, 2.75) is 13.5 Å². The molecule has 0 aliphatic carbocycles. The fourth-order valence-electron chi connectivity index (χ4n) is 3.66. The molecule has 0 atom stereocenters. The van der Waals surface area contributed by atoms with E-state index in [9.17, 15) is 27.6 Å². The Morgan fingerprint density at radius 3 is 2.41 bits per heavy atom. The molecule has 0 unspecified atom stereocenters. The van der Waals surface area contributed by atoms with E-state index in [-0.39, 0.29) is 44.1 Å². The van der Waals surface area contributed by atoms with E-state index in [1.807, 2.05) is 0 Å². The summed E-state index contributed by atoms with van der Waals surface area (Å²) < 4.78 is 37.0. The molecule has 0 spiro atoms. The SMILES string of the molecule is C#CCn1c(=NC(=O)CS(=O)(=O)CC(=O)N2CCN(C(=O)OCC)CC2)sc2cc(C(=O)OC)ccc21. The minimum atomic E-state index is -4.11. The molecular formula is C23H26N4O8S2. The van der Waals surface area contributed by atoms with Crippen LogP contribution in [0.25, 0.3) is 10.2 Å². The molecule has 0 radical (unpaired) electrons. The number of carbonyl (C=O) groups excluding carboxylic acids is 4. The van der Waals surface area contributed by atoms with E-state index in [2.05, 4.69) is 10.9 Å². The number of carbonyl (C=O) groups is 4. The number of terminal acetylenes is 1. The van der Waals surface area contributed by atoms with Crippen molar-refractivity contribution in [2.75, 3.05) is 51.4 Å². The molecule has 1 aliphatic rings. The first-order chi connectivity index (χ1) is 17.6. The molecule has 1 aliphatic heterocycles. The molecule has 2 aromatic rings. The van der Waals surface area contributed by atoms with Gasteiger partial charge in [-0.15, -0.1) is 6.42 Å². The van der Waals surface area contributed by atoms with Crippen LogP contribution in [0.3, 0.4) is 0 Å². The van der Waals surface area contributed by atoms with Crippen LogP contribution >= 0.6 is 11.3 Å². The molecule has 1 aromatic carbocycles. The Hall–Kier alpha value is -3.70. The number of nitrogens with zero attached hydrogens (tertiary/aromatic N) is 4. The smallest absolute Gasteiger partial charge is 0.409 e. The van der Waals surface area contributed by atoms with Gasteiger partial charge in [0.25, 0.3) is 5.91 Å². The van der Waals surface area contributed by atoms with E-state index in [0.29, 0.717) is 15.8 Å². The Morgan fingerprint density at radius 1 is 1.11 bits per heavy atom. The molecule has 1 saturated heterocycles. The average Bonchev–Trinajstić information content (AvgIpc) is 3.19. The Kier molecular flexibility index (Phi) is 9.06. The van der Waals surface area contributed by atoms with Crippen LogP contribution in [0.15, 0.2) is 23.2 Å². The summed E-state index contributed by atoms with van der Waals surface area (Å²) in [7, 11) is -2.85. The van der Waals surface area contributed by atoms with Crippen LogP contribution in [0.4, 0.5) is 4.79 Å². The molecule has 198 valence electrons. The molecule has 3 rings (SSSR count). The monoisotopic (exact) mass is 550 g/mol. The summed E-state index contributed by atoms with van der Waals surface area (Å²) in [6.07, 6.45) is 4.96. The molecule has 14 heteroatoms. The molecule has 1 aromatic heterocycles. The second-order valence-corrected chi connectivity index (χ2v) is 11.0. The molecule has 0 saturated carbocycles. The Labute approximate surface area is 217 Å². The molecule has 0 bridgehead atoms. The maximum Gasteiger partial charge on any atom is 0.409 e. The average molecular weight is 551 g/mol. The number of sulfone groups is 1. The number of hydrogen-bond acceptors (Lipinski definition) is 9. The molecule has 0 N–H and O–H groups in total. The number of ether oxygens (including phenoxy) is 2. The van der Waals surface area contributed by atoms with Crippen molar-refractivity contribution < 1.29 is 37.1 Å². The van der Waals surface area contributed by atoms with Gasteiger partial charge >= 0.3 is 12.1 Å². The Balaban J connectivity index is 1.71. The van der Waals surface area contributed by atoms with Crippen molar-refractivity contribution in [3.63, 3.8) is 0 Å². The van der Waals surface area contributed by atoms with Gasteiger partial charge in [0, 0.05) is 26.2 Å². The van der Waals surface area contributed by atoms with Crippen molar-refractivity contribution in [3.8, 4) is 12.3 Å². The third-order valence-electron chi connectivity index (χ3n) is 5.42. The fraction of sp³-hybridized carbons (Fsp3) is 0.435. The van der Waals surface area contributed by atoms with E-state index in [0.717, 1.165) is 11.3 Å². The Morgan fingerprint density at radius 2 is 1.78 bits per heavy atom. The largest absolute Gasteiger partial charge is 0.465 e. The highest BCUT2D eigenvalue weighted by molar-refractivity contribution is 7.92. The molecule has 12 nitrogen and oxygen atoms in total. The van der Waals surface area contributed by atoms with Gasteiger partial charge in [-0.25, -0.2) is 18.0 Å². The molecule has 37 heavy (non-hydrogen) atoms. The highest BCUT2D eigenvalue weighted by atomic mass is 32.2. The standard InChI is InChI=1S/C23H26N4O8S2/c1-4-8-27-17-7-6-16(21(30)34-3)13-18(17)36-22(27)24-19(28)14-37(32,33)15-20(29)25-9-11-26(12-10-25)23(31)35-5-2/h1,6-7,13H,5,8-12,14-15H2,2-3H3. The topological polar surface area (TPSA) is 145 Å². The van der Waals surface area contributed by atoms with Crippen LogP contribution in [-0.4, -0.2) is 98.1 Å². The van der Waals surface area contributed by atoms with Gasteiger partial charge in [-0.3, -0.25) is 9.59 Å². The normalized spacial score (nSPS) is 14.4. The summed E-state index contributed by atoms with van der Waals surface area (Å²) in [6.45, 7) is 2.74. The highest BCUT2D eigenvalue weighted by Gasteiger charge is 2.28. The van der Waals surface area contributed by atoms with Gasteiger partial charge in [0.2, 0.25) is 5.91 Å². The lowest BCUT2D eigenvalue weighted by atomic mass is 10.2. The summed E-state index contributed by atoms with van der Waals surface area (Å²) in [5.41, 5.74) is 0.910. The maximum atomic E-state index is 12.6. The molecule has 1 fully saturated rings. The minimum absolute atomic E-state index is 0.0622. The number of amides is 3. The zero-order valence-corrected chi connectivity index (χ0v) is 22.0. The summed E-state index contributed by atoms with van der Waals surface area (Å²) in [5, 5.41) is 0.